The Morgan fingerprint density at radius 1 is 1.18 bits per heavy atom. The van der Waals surface area contributed by atoms with Crippen molar-refractivity contribution < 1.29 is 13.2 Å². The first-order chi connectivity index (χ1) is 10.5. The lowest BCUT2D eigenvalue weighted by molar-refractivity contribution is -0.157. The summed E-state index contributed by atoms with van der Waals surface area (Å²) in [6.45, 7) is 1.65. The van der Waals surface area contributed by atoms with Crippen molar-refractivity contribution in [2.24, 2.45) is 17.8 Å². The molecule has 1 saturated heterocycles. The van der Waals surface area contributed by atoms with E-state index in [0.29, 0.717) is 19.6 Å². The zero-order valence-electron chi connectivity index (χ0n) is 11.7. The van der Waals surface area contributed by atoms with Gasteiger partial charge in [0.15, 0.2) is 0 Å². The number of piperidine rings is 1. The van der Waals surface area contributed by atoms with Crippen molar-refractivity contribution in [2.45, 2.75) is 12.7 Å². The number of hydrogen-bond donors (Lipinski definition) is 1. The van der Waals surface area contributed by atoms with Crippen LogP contribution in [0.25, 0.3) is 11.4 Å². The normalized spacial score (nSPS) is 27.9. The molecule has 22 heavy (non-hydrogen) atoms. The summed E-state index contributed by atoms with van der Waals surface area (Å²) >= 11 is 0. The molecule has 0 amide bonds. The van der Waals surface area contributed by atoms with E-state index in [1.807, 2.05) is 24.3 Å². The van der Waals surface area contributed by atoms with E-state index in [4.69, 9.17) is 0 Å². The van der Waals surface area contributed by atoms with Gasteiger partial charge in [-0.05, 0) is 30.0 Å². The Morgan fingerprint density at radius 2 is 1.95 bits per heavy atom. The number of aromatic amines is 1. The fraction of sp³-hybridized carbons (Fsp3) is 0.467. The lowest BCUT2D eigenvalue weighted by Gasteiger charge is -2.19. The van der Waals surface area contributed by atoms with Crippen molar-refractivity contribution in [3.63, 3.8) is 0 Å². The number of rotatable bonds is 3. The molecule has 116 valence electrons. The van der Waals surface area contributed by atoms with Crippen LogP contribution in [0.3, 0.4) is 0 Å². The molecule has 2 fully saturated rings. The van der Waals surface area contributed by atoms with Gasteiger partial charge in [0.25, 0.3) is 0 Å². The molecule has 1 saturated carbocycles. The molecular weight excluding hydrogens is 293 g/mol. The van der Waals surface area contributed by atoms with Gasteiger partial charge in [-0.3, -0.25) is 15.0 Å². The number of nitrogens with one attached hydrogen (secondary N) is 1. The topological polar surface area (TPSA) is 44.8 Å². The van der Waals surface area contributed by atoms with Crippen molar-refractivity contribution >= 4 is 0 Å². The molecule has 1 unspecified atom stereocenters. The SMILES string of the molecule is FC(F)(F)C1[C@H]2CN(Cc3cc(-c4ccccn4)n[nH]3)C[C@@H]12. The maximum Gasteiger partial charge on any atom is 0.392 e. The standard InChI is InChI=1S/C15H15F3N4/c16-15(17,18)14-10-7-22(8-11(10)14)6-9-5-13(21-20-9)12-3-1-2-4-19-12/h1-5,10-11,14H,6-8H2,(H,20,21)/t10-,11+,14?. The lowest BCUT2D eigenvalue weighted by atomic mass is 10.2. The van der Waals surface area contributed by atoms with Crippen LogP contribution in [0, 0.1) is 17.8 Å². The Kier molecular flexibility index (Phi) is 3.00. The fourth-order valence-electron chi connectivity index (χ4n) is 3.56. The maximum atomic E-state index is 12.7. The average Bonchev–Trinajstić information content (AvgIpc) is 2.85. The summed E-state index contributed by atoms with van der Waals surface area (Å²) in [5.74, 6) is -1.49. The summed E-state index contributed by atoms with van der Waals surface area (Å²) in [5, 5.41) is 7.17. The first-order valence-corrected chi connectivity index (χ1v) is 7.27. The average molecular weight is 308 g/mol. The van der Waals surface area contributed by atoms with Crippen LogP contribution < -0.4 is 0 Å². The van der Waals surface area contributed by atoms with Crippen molar-refractivity contribution in [3.8, 4) is 11.4 Å². The number of fused-ring (bicyclic) bond motifs is 1. The Morgan fingerprint density at radius 3 is 2.59 bits per heavy atom. The Labute approximate surface area is 125 Å². The number of pyridine rings is 1. The van der Waals surface area contributed by atoms with Crippen LogP contribution in [0.1, 0.15) is 5.69 Å². The summed E-state index contributed by atoms with van der Waals surface area (Å²) in [6, 6.07) is 7.51. The van der Waals surface area contributed by atoms with Gasteiger partial charge >= 0.3 is 6.18 Å². The Bertz CT molecular complexity index is 655. The Hall–Kier alpha value is -1.89. The van der Waals surface area contributed by atoms with Gasteiger partial charge in [0.05, 0.1) is 11.6 Å². The van der Waals surface area contributed by atoms with Gasteiger partial charge in [-0.15, -0.1) is 0 Å². The number of aromatic nitrogens is 3. The second-order valence-electron chi connectivity index (χ2n) is 6.08. The summed E-state index contributed by atoms with van der Waals surface area (Å²) in [5.41, 5.74) is 2.45. The summed E-state index contributed by atoms with van der Waals surface area (Å²) < 4.78 is 38.0. The van der Waals surface area contributed by atoms with Crippen molar-refractivity contribution in [1.82, 2.24) is 20.1 Å². The minimum atomic E-state index is -4.03. The molecule has 2 aromatic heterocycles. The van der Waals surface area contributed by atoms with Crippen LogP contribution in [0.4, 0.5) is 13.2 Å². The molecule has 2 aliphatic rings. The van der Waals surface area contributed by atoms with Crippen LogP contribution in [0.15, 0.2) is 30.5 Å². The highest BCUT2D eigenvalue weighted by atomic mass is 19.4. The van der Waals surface area contributed by atoms with Crippen LogP contribution in [0.5, 0.6) is 0 Å². The highest BCUT2D eigenvalue weighted by Gasteiger charge is 2.67. The highest BCUT2D eigenvalue weighted by Crippen LogP contribution is 2.59. The highest BCUT2D eigenvalue weighted by molar-refractivity contribution is 5.53. The quantitative estimate of drug-likeness (QED) is 0.948. The predicted octanol–water partition coefficient (Wildman–Crippen LogP) is 2.71. The summed E-state index contributed by atoms with van der Waals surface area (Å²) in [6.07, 6.45) is -2.32. The van der Waals surface area contributed by atoms with Crippen molar-refractivity contribution in [3.05, 3.63) is 36.2 Å². The third kappa shape index (κ3) is 2.39. The van der Waals surface area contributed by atoms with Crippen LogP contribution in [-0.4, -0.2) is 39.3 Å². The number of halogens is 3. The number of H-pyrrole nitrogens is 1. The minimum Gasteiger partial charge on any atom is -0.297 e. The van der Waals surface area contributed by atoms with Gasteiger partial charge in [-0.25, -0.2) is 0 Å². The monoisotopic (exact) mass is 308 g/mol. The second-order valence-corrected chi connectivity index (χ2v) is 6.08. The molecule has 1 N–H and O–H groups in total. The molecule has 4 nitrogen and oxygen atoms in total. The van der Waals surface area contributed by atoms with Gasteiger partial charge in [-0.1, -0.05) is 6.07 Å². The van der Waals surface area contributed by atoms with E-state index in [1.54, 1.807) is 6.20 Å². The maximum absolute atomic E-state index is 12.7. The fourth-order valence-corrected chi connectivity index (χ4v) is 3.56. The van der Waals surface area contributed by atoms with Crippen molar-refractivity contribution in [2.75, 3.05) is 13.1 Å². The molecule has 1 aliphatic heterocycles. The zero-order valence-corrected chi connectivity index (χ0v) is 11.7. The first-order valence-electron chi connectivity index (χ1n) is 7.27. The van der Waals surface area contributed by atoms with Crippen LogP contribution in [0.2, 0.25) is 0 Å². The predicted molar refractivity (Wildman–Crippen MR) is 73.6 cm³/mol. The zero-order chi connectivity index (χ0) is 15.3. The van der Waals surface area contributed by atoms with E-state index >= 15 is 0 Å². The molecule has 2 aromatic rings. The third-order valence-electron chi connectivity index (χ3n) is 4.60. The molecule has 0 bridgehead atoms. The van der Waals surface area contributed by atoms with E-state index in [-0.39, 0.29) is 11.8 Å². The van der Waals surface area contributed by atoms with E-state index in [2.05, 4.69) is 20.1 Å². The van der Waals surface area contributed by atoms with E-state index < -0.39 is 12.1 Å². The second kappa shape index (κ2) is 4.81. The van der Waals surface area contributed by atoms with Gasteiger partial charge in [0.1, 0.15) is 5.69 Å². The van der Waals surface area contributed by atoms with E-state index in [1.165, 1.54) is 0 Å². The molecule has 0 spiro atoms. The van der Waals surface area contributed by atoms with Gasteiger partial charge in [-0.2, -0.15) is 18.3 Å². The molecule has 7 heteroatoms. The summed E-state index contributed by atoms with van der Waals surface area (Å²) in [7, 11) is 0. The minimum absolute atomic E-state index is 0.210. The van der Waals surface area contributed by atoms with Crippen molar-refractivity contribution in [1.29, 1.82) is 0 Å². The Balaban J connectivity index is 1.38. The van der Waals surface area contributed by atoms with Crippen LogP contribution in [-0.2, 0) is 6.54 Å². The molecule has 0 aromatic carbocycles. The largest absolute Gasteiger partial charge is 0.392 e. The van der Waals surface area contributed by atoms with Gasteiger partial charge < -0.3 is 0 Å². The first kappa shape index (κ1) is 13.8. The molecule has 0 radical (unpaired) electrons. The molecule has 3 atom stereocenters. The molecule has 4 rings (SSSR count). The van der Waals surface area contributed by atoms with Gasteiger partial charge in [0, 0.05) is 31.5 Å². The number of hydrogen-bond acceptors (Lipinski definition) is 3. The van der Waals surface area contributed by atoms with Gasteiger partial charge in [0.2, 0.25) is 0 Å². The summed E-state index contributed by atoms with van der Waals surface area (Å²) in [4.78, 5) is 6.29. The third-order valence-corrected chi connectivity index (χ3v) is 4.60. The molecule has 1 aliphatic carbocycles. The number of nitrogens with zero attached hydrogens (tertiary/aromatic N) is 3. The number of likely N-dealkylation sites (tertiary alicyclic amines) is 1. The van der Waals surface area contributed by atoms with E-state index in [9.17, 15) is 13.2 Å². The lowest BCUT2D eigenvalue weighted by Crippen LogP contribution is -2.28. The molecule has 3 heterocycles. The molecular formula is C15H15F3N4. The smallest absolute Gasteiger partial charge is 0.297 e. The number of alkyl halides is 3. The van der Waals surface area contributed by atoms with Crippen LogP contribution >= 0.6 is 0 Å². The van der Waals surface area contributed by atoms with E-state index in [0.717, 1.165) is 17.1 Å².